The van der Waals surface area contributed by atoms with E-state index >= 15 is 0 Å². The van der Waals surface area contributed by atoms with E-state index in [2.05, 4.69) is 49.1 Å². The second-order valence-corrected chi connectivity index (χ2v) is 7.41. The Hall–Kier alpha value is -0.480. The third-order valence-corrected chi connectivity index (χ3v) is 5.08. The van der Waals surface area contributed by atoms with Crippen molar-refractivity contribution in [2.24, 2.45) is 7.05 Å². The predicted octanol–water partition coefficient (Wildman–Crippen LogP) is 3.31. The highest BCUT2D eigenvalue weighted by Gasteiger charge is 2.24. The van der Waals surface area contributed by atoms with Crippen LogP contribution in [0.5, 0.6) is 0 Å². The summed E-state index contributed by atoms with van der Waals surface area (Å²) in [4.78, 5) is 0. The van der Waals surface area contributed by atoms with Gasteiger partial charge in [0, 0.05) is 36.6 Å². The van der Waals surface area contributed by atoms with Crippen molar-refractivity contribution < 1.29 is 0 Å². The maximum Gasteiger partial charge on any atom is 0.0694 e. The number of hydrogen-bond donors (Lipinski definition) is 1. The van der Waals surface area contributed by atoms with Gasteiger partial charge in [0.1, 0.15) is 0 Å². The molecule has 1 fully saturated rings. The lowest BCUT2D eigenvalue weighted by Crippen LogP contribution is -2.26. The fourth-order valence-electron chi connectivity index (χ4n) is 2.94. The Labute approximate surface area is 121 Å². The van der Waals surface area contributed by atoms with Crippen LogP contribution in [0.3, 0.4) is 0 Å². The minimum Gasteiger partial charge on any atom is -0.310 e. The van der Waals surface area contributed by atoms with E-state index < -0.39 is 0 Å². The fraction of sp³-hybridized carbons (Fsp3) is 0.800. The van der Waals surface area contributed by atoms with Crippen molar-refractivity contribution in [3.05, 3.63) is 17.5 Å². The van der Waals surface area contributed by atoms with Crippen molar-refractivity contribution in [2.45, 2.75) is 63.8 Å². The van der Waals surface area contributed by atoms with Crippen molar-refractivity contribution in [2.75, 3.05) is 5.75 Å². The first-order valence-electron chi connectivity index (χ1n) is 7.47. The summed E-state index contributed by atoms with van der Waals surface area (Å²) < 4.78 is 1.94. The zero-order valence-electron chi connectivity index (χ0n) is 12.6. The van der Waals surface area contributed by atoms with Crippen LogP contribution in [0.25, 0.3) is 0 Å². The predicted molar refractivity (Wildman–Crippen MR) is 83.7 cm³/mol. The molecule has 1 aliphatic rings. The fourth-order valence-corrected chi connectivity index (χ4v) is 4.09. The maximum absolute atomic E-state index is 4.57. The molecule has 1 aromatic heterocycles. The molecule has 0 spiro atoms. The first-order chi connectivity index (χ1) is 9.10. The summed E-state index contributed by atoms with van der Waals surface area (Å²) in [5.74, 6) is 1.75. The van der Waals surface area contributed by atoms with Crippen LogP contribution in [0.4, 0.5) is 0 Å². The minimum atomic E-state index is 0.505. The van der Waals surface area contributed by atoms with Crippen molar-refractivity contribution in [3.63, 3.8) is 0 Å². The maximum atomic E-state index is 4.57. The highest BCUT2D eigenvalue weighted by molar-refractivity contribution is 7.99. The third kappa shape index (κ3) is 3.99. The first kappa shape index (κ1) is 14.9. The largest absolute Gasteiger partial charge is 0.310 e. The number of aryl methyl sites for hydroxylation is 1. The number of thioether (sulfide) groups is 1. The summed E-state index contributed by atoms with van der Waals surface area (Å²) in [6.45, 7) is 7.66. The van der Waals surface area contributed by atoms with Gasteiger partial charge in [0.2, 0.25) is 0 Å². The van der Waals surface area contributed by atoms with Crippen molar-refractivity contribution >= 4 is 11.8 Å². The van der Waals surface area contributed by atoms with Gasteiger partial charge < -0.3 is 5.32 Å². The van der Waals surface area contributed by atoms with E-state index in [9.17, 15) is 0 Å². The quantitative estimate of drug-likeness (QED) is 0.867. The normalized spacial score (nSPS) is 23.4. The van der Waals surface area contributed by atoms with Gasteiger partial charge in [0.25, 0.3) is 0 Å². The molecule has 0 aliphatic heterocycles. The average Bonchev–Trinajstić information content (AvgIpc) is 2.94. The van der Waals surface area contributed by atoms with Gasteiger partial charge in [-0.1, -0.05) is 20.8 Å². The molecule has 1 aliphatic carbocycles. The van der Waals surface area contributed by atoms with Gasteiger partial charge in [0.05, 0.1) is 5.69 Å². The zero-order valence-corrected chi connectivity index (χ0v) is 13.5. The molecule has 0 radical (unpaired) electrons. The van der Waals surface area contributed by atoms with Gasteiger partial charge in [-0.2, -0.15) is 16.9 Å². The van der Waals surface area contributed by atoms with E-state index in [1.54, 1.807) is 0 Å². The van der Waals surface area contributed by atoms with Gasteiger partial charge in [-0.15, -0.1) is 0 Å². The second kappa shape index (κ2) is 6.80. The zero-order chi connectivity index (χ0) is 13.8. The molecule has 0 aromatic carbocycles. The van der Waals surface area contributed by atoms with Gasteiger partial charge in [-0.3, -0.25) is 4.68 Å². The molecule has 0 saturated heterocycles. The van der Waals surface area contributed by atoms with Gasteiger partial charge in [0.15, 0.2) is 0 Å². The molecule has 19 heavy (non-hydrogen) atoms. The van der Waals surface area contributed by atoms with Gasteiger partial charge in [-0.25, -0.2) is 0 Å². The van der Waals surface area contributed by atoms with Crippen LogP contribution in [-0.2, 0) is 13.6 Å². The van der Waals surface area contributed by atoms with Gasteiger partial charge in [-0.05, 0) is 30.9 Å². The minimum absolute atomic E-state index is 0.505. The Balaban J connectivity index is 1.86. The van der Waals surface area contributed by atoms with Crippen LogP contribution in [0.15, 0.2) is 6.20 Å². The van der Waals surface area contributed by atoms with E-state index in [0.29, 0.717) is 12.0 Å². The lowest BCUT2D eigenvalue weighted by atomic mass is 10.1. The number of nitrogens with one attached hydrogen (secondary N) is 1. The van der Waals surface area contributed by atoms with Crippen molar-refractivity contribution in [1.82, 2.24) is 15.1 Å². The summed E-state index contributed by atoms with van der Waals surface area (Å²) in [5, 5.41) is 9.18. The molecule has 3 nitrogen and oxygen atoms in total. The summed E-state index contributed by atoms with van der Waals surface area (Å²) in [6.07, 6.45) is 6.19. The molecule has 4 heteroatoms. The third-order valence-electron chi connectivity index (χ3n) is 3.85. The summed E-state index contributed by atoms with van der Waals surface area (Å²) in [7, 11) is 2.01. The average molecular weight is 281 g/mol. The number of rotatable bonds is 6. The molecule has 2 unspecified atom stereocenters. The highest BCUT2D eigenvalue weighted by atomic mass is 32.2. The monoisotopic (exact) mass is 281 g/mol. The molecule has 1 aromatic rings. The smallest absolute Gasteiger partial charge is 0.0694 e. The van der Waals surface area contributed by atoms with Crippen molar-refractivity contribution in [3.8, 4) is 0 Å². The van der Waals surface area contributed by atoms with Crippen LogP contribution >= 0.6 is 11.8 Å². The summed E-state index contributed by atoms with van der Waals surface area (Å²) >= 11 is 2.12. The standard InChI is InChI=1S/C15H27N3S/c1-5-19-14-7-6-13(8-14)16-9-12-10-18(4)17-15(12)11(2)3/h10-11,13-14,16H,5-9H2,1-4H3. The van der Waals surface area contributed by atoms with Crippen LogP contribution in [0, 0.1) is 0 Å². The summed E-state index contributed by atoms with van der Waals surface area (Å²) in [5.41, 5.74) is 2.61. The van der Waals surface area contributed by atoms with E-state index in [0.717, 1.165) is 11.8 Å². The SMILES string of the molecule is CCSC1CCC(NCc2cn(C)nc2C(C)C)C1. The topological polar surface area (TPSA) is 29.9 Å². The number of hydrogen-bond acceptors (Lipinski definition) is 3. The number of aromatic nitrogens is 2. The van der Waals surface area contributed by atoms with Crippen LogP contribution in [0.2, 0.25) is 0 Å². The Morgan fingerprint density at radius 3 is 2.95 bits per heavy atom. The lowest BCUT2D eigenvalue weighted by molar-refractivity contribution is 0.522. The molecule has 0 bridgehead atoms. The van der Waals surface area contributed by atoms with Crippen LogP contribution in [0.1, 0.15) is 57.2 Å². The van der Waals surface area contributed by atoms with E-state index in [1.165, 1.54) is 36.3 Å². The van der Waals surface area contributed by atoms with Crippen molar-refractivity contribution in [1.29, 1.82) is 0 Å². The lowest BCUT2D eigenvalue weighted by Gasteiger charge is -2.13. The Bertz CT molecular complexity index is 400. The molecule has 2 atom stereocenters. The molecule has 2 rings (SSSR count). The van der Waals surface area contributed by atoms with E-state index in [-0.39, 0.29) is 0 Å². The molecular formula is C15H27N3S. The van der Waals surface area contributed by atoms with E-state index in [4.69, 9.17) is 0 Å². The Kier molecular flexibility index (Phi) is 5.34. The molecule has 1 heterocycles. The summed E-state index contributed by atoms with van der Waals surface area (Å²) in [6, 6.07) is 0.698. The van der Waals surface area contributed by atoms with E-state index in [1.807, 2.05) is 11.7 Å². The molecule has 108 valence electrons. The Morgan fingerprint density at radius 2 is 2.26 bits per heavy atom. The highest BCUT2D eigenvalue weighted by Crippen LogP contribution is 2.30. The molecule has 1 N–H and O–H groups in total. The van der Waals surface area contributed by atoms with Crippen LogP contribution < -0.4 is 5.32 Å². The second-order valence-electron chi connectivity index (χ2n) is 5.84. The molecule has 0 amide bonds. The first-order valence-corrected chi connectivity index (χ1v) is 8.52. The van der Waals surface area contributed by atoms with Crippen LogP contribution in [-0.4, -0.2) is 26.8 Å². The number of nitrogens with zero attached hydrogens (tertiary/aromatic N) is 2. The molecule has 1 saturated carbocycles. The molecular weight excluding hydrogens is 254 g/mol. The Morgan fingerprint density at radius 1 is 1.47 bits per heavy atom. The van der Waals surface area contributed by atoms with Gasteiger partial charge >= 0.3 is 0 Å².